The zero-order valence-corrected chi connectivity index (χ0v) is 15.5. The van der Waals surface area contributed by atoms with E-state index in [9.17, 15) is 4.79 Å². The predicted molar refractivity (Wildman–Crippen MR) is 94.8 cm³/mol. The van der Waals surface area contributed by atoms with E-state index in [4.69, 9.17) is 15.2 Å². The molecule has 0 rings (SSSR count). The number of methoxy groups -OCH3 is 1. The van der Waals surface area contributed by atoms with Crippen molar-refractivity contribution in [2.45, 2.75) is 52.7 Å². The normalized spacial score (nSPS) is 17.0. The largest absolute Gasteiger partial charge is 0.466 e. The first kappa shape index (κ1) is 21.2. The fourth-order valence-electron chi connectivity index (χ4n) is 2.23. The van der Waals surface area contributed by atoms with E-state index in [2.05, 4.69) is 26.8 Å². The summed E-state index contributed by atoms with van der Waals surface area (Å²) in [5.41, 5.74) is 8.13. The Balaban J connectivity index is 4.95. The number of nitrogens with two attached hydrogens (primary N) is 1. The van der Waals surface area contributed by atoms with E-state index in [1.54, 1.807) is 18.7 Å². The minimum atomic E-state index is -0.303. The van der Waals surface area contributed by atoms with Crippen LogP contribution in [0.3, 0.4) is 0 Å². The number of hydrogen-bond donors (Lipinski definition) is 1. The molecule has 0 aliphatic heterocycles. The van der Waals surface area contributed by atoms with E-state index in [-0.39, 0.29) is 24.0 Å². The van der Waals surface area contributed by atoms with Gasteiger partial charge in [0.2, 0.25) is 0 Å². The number of hydrogen-bond acceptors (Lipinski definition) is 5. The van der Waals surface area contributed by atoms with Gasteiger partial charge in [-0.1, -0.05) is 31.6 Å². The fraction of sp³-hybridized carbons (Fsp3) is 0.706. The third kappa shape index (κ3) is 7.47. The van der Waals surface area contributed by atoms with E-state index in [0.717, 1.165) is 6.42 Å². The molecule has 128 valence electrons. The number of esters is 1. The van der Waals surface area contributed by atoms with Crippen molar-refractivity contribution in [1.82, 2.24) is 0 Å². The van der Waals surface area contributed by atoms with Gasteiger partial charge in [-0.3, -0.25) is 0 Å². The highest BCUT2D eigenvalue weighted by atomic mass is 32.2. The molecule has 0 aliphatic carbocycles. The van der Waals surface area contributed by atoms with Crippen LogP contribution in [0.15, 0.2) is 23.3 Å². The maximum atomic E-state index is 11.5. The summed E-state index contributed by atoms with van der Waals surface area (Å²) in [7, 11) is 1.39. The zero-order valence-electron chi connectivity index (χ0n) is 14.7. The average molecular weight is 330 g/mol. The Morgan fingerprint density at radius 3 is 2.45 bits per heavy atom. The van der Waals surface area contributed by atoms with Gasteiger partial charge in [0.25, 0.3) is 0 Å². The van der Waals surface area contributed by atoms with Crippen LogP contribution >= 0.6 is 11.8 Å². The standard InChI is InChI=1S/C17H31NO3S/c1-7-8-12(2)16(18)14(4)15(21-11-22-6)10-9-13(3)17(19)20-5/h8-9,14-16H,7,10-11,18H2,1-6H3/b12-8+,13-9+/t14-,15-,16+/m0/s1. The number of carbonyl (C=O) groups excluding carboxylic acids is 1. The third-order valence-electron chi connectivity index (χ3n) is 3.77. The minimum absolute atomic E-state index is 0.0257. The average Bonchev–Trinajstić information content (AvgIpc) is 2.52. The Morgan fingerprint density at radius 1 is 1.32 bits per heavy atom. The molecule has 0 amide bonds. The predicted octanol–water partition coefficient (Wildman–Crippen LogP) is 3.52. The molecule has 0 radical (unpaired) electrons. The van der Waals surface area contributed by atoms with E-state index in [1.807, 2.05) is 12.3 Å². The number of rotatable bonds is 10. The quantitative estimate of drug-likeness (QED) is 0.287. The number of carbonyl (C=O) groups is 1. The number of thioether (sulfide) groups is 1. The second-order valence-electron chi connectivity index (χ2n) is 5.47. The van der Waals surface area contributed by atoms with Gasteiger partial charge in [0.1, 0.15) is 0 Å². The van der Waals surface area contributed by atoms with Crippen molar-refractivity contribution < 1.29 is 14.3 Å². The van der Waals surface area contributed by atoms with Crippen LogP contribution in [0, 0.1) is 5.92 Å². The molecule has 2 N–H and O–H groups in total. The summed E-state index contributed by atoms with van der Waals surface area (Å²) >= 11 is 1.63. The Kier molecular flexibility index (Phi) is 11.3. The van der Waals surface area contributed by atoms with Gasteiger partial charge < -0.3 is 15.2 Å². The summed E-state index contributed by atoms with van der Waals surface area (Å²) in [6.45, 7) is 8.02. The second kappa shape index (κ2) is 11.7. The van der Waals surface area contributed by atoms with Crippen LogP contribution in [-0.4, -0.2) is 37.4 Å². The van der Waals surface area contributed by atoms with Crippen LogP contribution in [0.25, 0.3) is 0 Å². The summed E-state index contributed by atoms with van der Waals surface area (Å²) in [6.07, 6.45) is 7.63. The fourth-order valence-corrected chi connectivity index (χ4v) is 2.54. The SMILES string of the molecule is CC/C=C(\C)[C@@H](N)[C@@H](C)[C@H](C/C=C(\C)C(=O)OC)OCSC. The smallest absolute Gasteiger partial charge is 0.333 e. The van der Waals surface area contributed by atoms with Crippen LogP contribution in [0.5, 0.6) is 0 Å². The van der Waals surface area contributed by atoms with E-state index < -0.39 is 0 Å². The lowest BCUT2D eigenvalue weighted by molar-refractivity contribution is -0.136. The van der Waals surface area contributed by atoms with Crippen molar-refractivity contribution in [3.63, 3.8) is 0 Å². The lowest BCUT2D eigenvalue weighted by atomic mass is 9.89. The molecule has 5 heteroatoms. The number of allylic oxidation sites excluding steroid dienone is 1. The van der Waals surface area contributed by atoms with E-state index in [1.165, 1.54) is 12.7 Å². The Labute approximate surface area is 139 Å². The molecule has 0 fully saturated rings. The molecule has 0 bridgehead atoms. The molecular formula is C17H31NO3S. The van der Waals surface area contributed by atoms with Crippen LogP contribution in [0.1, 0.15) is 40.5 Å². The summed E-state index contributed by atoms with van der Waals surface area (Å²) in [5.74, 6) is 0.475. The molecule has 0 aliphatic rings. The Bertz CT molecular complexity index is 393. The van der Waals surface area contributed by atoms with Gasteiger partial charge in [0.05, 0.1) is 19.2 Å². The zero-order chi connectivity index (χ0) is 17.1. The molecule has 0 unspecified atom stereocenters. The third-order valence-corrected chi connectivity index (χ3v) is 4.14. The highest BCUT2D eigenvalue weighted by molar-refractivity contribution is 7.98. The monoisotopic (exact) mass is 329 g/mol. The van der Waals surface area contributed by atoms with Gasteiger partial charge in [-0.05, 0) is 32.9 Å². The molecule has 0 heterocycles. The first-order chi connectivity index (χ1) is 10.4. The Morgan fingerprint density at radius 2 is 1.95 bits per heavy atom. The van der Waals surface area contributed by atoms with E-state index in [0.29, 0.717) is 17.9 Å². The van der Waals surface area contributed by atoms with Crippen molar-refractivity contribution in [2.75, 3.05) is 19.3 Å². The summed E-state index contributed by atoms with van der Waals surface area (Å²) < 4.78 is 10.6. The van der Waals surface area contributed by atoms with Crippen LogP contribution in [0.2, 0.25) is 0 Å². The van der Waals surface area contributed by atoms with Gasteiger partial charge in [0.15, 0.2) is 0 Å². The second-order valence-corrected chi connectivity index (χ2v) is 6.28. The van der Waals surface area contributed by atoms with Crippen LogP contribution in [-0.2, 0) is 14.3 Å². The van der Waals surface area contributed by atoms with Crippen molar-refractivity contribution in [3.05, 3.63) is 23.3 Å². The molecule has 0 aromatic heterocycles. The first-order valence-corrected chi connectivity index (χ1v) is 9.06. The molecule has 0 spiro atoms. The highest BCUT2D eigenvalue weighted by Gasteiger charge is 2.24. The molecule has 0 aromatic carbocycles. The van der Waals surface area contributed by atoms with Gasteiger partial charge >= 0.3 is 5.97 Å². The van der Waals surface area contributed by atoms with Crippen molar-refractivity contribution >= 4 is 17.7 Å². The number of ether oxygens (including phenoxy) is 2. The molecule has 0 saturated carbocycles. The van der Waals surface area contributed by atoms with Crippen LogP contribution < -0.4 is 5.73 Å². The Hall–Kier alpha value is -0.780. The lowest BCUT2D eigenvalue weighted by Gasteiger charge is -2.29. The molecule has 3 atom stereocenters. The summed E-state index contributed by atoms with van der Waals surface area (Å²) in [5, 5.41) is 0. The molecule has 0 saturated heterocycles. The highest BCUT2D eigenvalue weighted by Crippen LogP contribution is 2.21. The molecule has 0 aromatic rings. The van der Waals surface area contributed by atoms with Crippen molar-refractivity contribution in [1.29, 1.82) is 0 Å². The van der Waals surface area contributed by atoms with Gasteiger partial charge in [0, 0.05) is 17.5 Å². The lowest BCUT2D eigenvalue weighted by Crippen LogP contribution is -2.38. The van der Waals surface area contributed by atoms with Crippen molar-refractivity contribution in [3.8, 4) is 0 Å². The molecule has 4 nitrogen and oxygen atoms in total. The summed E-state index contributed by atoms with van der Waals surface area (Å²) in [4.78, 5) is 11.5. The topological polar surface area (TPSA) is 61.6 Å². The van der Waals surface area contributed by atoms with Gasteiger partial charge in [-0.2, -0.15) is 0 Å². The molecular weight excluding hydrogens is 298 g/mol. The summed E-state index contributed by atoms with van der Waals surface area (Å²) in [6, 6.07) is -0.0429. The van der Waals surface area contributed by atoms with Crippen molar-refractivity contribution in [2.24, 2.45) is 11.7 Å². The van der Waals surface area contributed by atoms with E-state index >= 15 is 0 Å². The van der Waals surface area contributed by atoms with Gasteiger partial charge in [-0.15, -0.1) is 11.8 Å². The van der Waals surface area contributed by atoms with Crippen LogP contribution in [0.4, 0.5) is 0 Å². The minimum Gasteiger partial charge on any atom is -0.466 e. The maximum Gasteiger partial charge on any atom is 0.333 e. The molecule has 22 heavy (non-hydrogen) atoms. The van der Waals surface area contributed by atoms with Gasteiger partial charge in [-0.25, -0.2) is 4.79 Å². The first-order valence-electron chi connectivity index (χ1n) is 7.66. The maximum absolute atomic E-state index is 11.5.